The summed E-state index contributed by atoms with van der Waals surface area (Å²) in [7, 11) is 1.59. The van der Waals surface area contributed by atoms with Crippen LogP contribution in [-0.4, -0.2) is 29.4 Å². The fraction of sp³-hybridized carbons (Fsp3) is 0.364. The van der Waals surface area contributed by atoms with E-state index in [1.165, 1.54) is 4.90 Å². The van der Waals surface area contributed by atoms with E-state index < -0.39 is 6.43 Å². The lowest BCUT2D eigenvalue weighted by Gasteiger charge is -2.17. The van der Waals surface area contributed by atoms with E-state index in [1.807, 2.05) is 28.8 Å². The molecule has 0 saturated carbocycles. The Bertz CT molecular complexity index is 509. The summed E-state index contributed by atoms with van der Waals surface area (Å²) in [4.78, 5) is 5.74. The molecular weight excluding hydrogens is 226 g/mol. The molecule has 0 aliphatic carbocycles. The number of halogens is 2. The molecule has 0 unspecified atom stereocenters. The van der Waals surface area contributed by atoms with E-state index in [1.54, 1.807) is 7.05 Å². The monoisotopic (exact) mass is 240 g/mol. The minimum atomic E-state index is -2.39. The summed E-state index contributed by atoms with van der Waals surface area (Å²) in [5.41, 5.74) is 7.11. The molecule has 0 aromatic carbocycles. The van der Waals surface area contributed by atoms with E-state index in [0.29, 0.717) is 11.5 Å². The quantitative estimate of drug-likeness (QED) is 0.880. The van der Waals surface area contributed by atoms with Gasteiger partial charge in [0.2, 0.25) is 0 Å². The van der Waals surface area contributed by atoms with Crippen LogP contribution in [0, 0.1) is 0 Å². The van der Waals surface area contributed by atoms with Crippen LogP contribution in [0.15, 0.2) is 24.4 Å². The standard InChI is InChI=1S/C11H14F2N4/c1-16(7-9(12)13)11-8(6-14)17-5-3-2-4-10(17)15-11/h2-5,9H,6-7,14H2,1H3. The molecule has 6 heteroatoms. The number of imidazole rings is 1. The zero-order chi connectivity index (χ0) is 12.4. The van der Waals surface area contributed by atoms with Gasteiger partial charge in [-0.2, -0.15) is 0 Å². The number of nitrogens with two attached hydrogens (primary N) is 1. The van der Waals surface area contributed by atoms with Crippen molar-refractivity contribution in [3.63, 3.8) is 0 Å². The van der Waals surface area contributed by atoms with Crippen LogP contribution in [0.5, 0.6) is 0 Å². The van der Waals surface area contributed by atoms with Crippen molar-refractivity contribution in [2.24, 2.45) is 5.73 Å². The Hall–Kier alpha value is -1.69. The number of anilines is 1. The lowest BCUT2D eigenvalue weighted by molar-refractivity contribution is 0.156. The minimum absolute atomic E-state index is 0.258. The molecule has 0 radical (unpaired) electrons. The molecule has 2 aromatic rings. The fourth-order valence-electron chi connectivity index (χ4n) is 1.82. The molecular formula is C11H14F2N4. The molecule has 0 bridgehead atoms. The maximum atomic E-state index is 12.4. The second-order valence-corrected chi connectivity index (χ2v) is 3.79. The Morgan fingerprint density at radius 3 is 2.88 bits per heavy atom. The van der Waals surface area contributed by atoms with E-state index in [0.717, 1.165) is 5.69 Å². The van der Waals surface area contributed by atoms with Gasteiger partial charge < -0.3 is 15.0 Å². The third kappa shape index (κ3) is 2.21. The van der Waals surface area contributed by atoms with Crippen LogP contribution in [0.25, 0.3) is 5.65 Å². The van der Waals surface area contributed by atoms with Gasteiger partial charge in [-0.15, -0.1) is 0 Å². The van der Waals surface area contributed by atoms with E-state index >= 15 is 0 Å². The Kier molecular flexibility index (Phi) is 3.23. The molecule has 2 rings (SSSR count). The predicted octanol–water partition coefficient (Wildman–Crippen LogP) is 1.49. The van der Waals surface area contributed by atoms with Gasteiger partial charge in [-0.25, -0.2) is 13.8 Å². The lowest BCUT2D eigenvalue weighted by Crippen LogP contribution is -2.25. The number of hydrogen-bond acceptors (Lipinski definition) is 3. The van der Waals surface area contributed by atoms with Crippen molar-refractivity contribution in [2.75, 3.05) is 18.5 Å². The molecule has 0 amide bonds. The predicted molar refractivity (Wildman–Crippen MR) is 62.4 cm³/mol. The Labute approximate surface area is 97.7 Å². The summed E-state index contributed by atoms with van der Waals surface area (Å²) in [6.07, 6.45) is -0.569. The van der Waals surface area contributed by atoms with Crippen molar-refractivity contribution in [3.05, 3.63) is 30.1 Å². The molecule has 2 aromatic heterocycles. The Morgan fingerprint density at radius 2 is 2.24 bits per heavy atom. The van der Waals surface area contributed by atoms with Gasteiger partial charge in [0.05, 0.1) is 12.2 Å². The molecule has 0 atom stereocenters. The maximum Gasteiger partial charge on any atom is 0.255 e. The largest absolute Gasteiger partial charge is 0.352 e. The second kappa shape index (κ2) is 4.67. The van der Waals surface area contributed by atoms with Gasteiger partial charge in [-0.3, -0.25) is 0 Å². The molecule has 92 valence electrons. The third-order valence-electron chi connectivity index (χ3n) is 2.57. The van der Waals surface area contributed by atoms with Gasteiger partial charge in [-0.1, -0.05) is 6.07 Å². The first-order chi connectivity index (χ1) is 8.13. The van der Waals surface area contributed by atoms with Crippen molar-refractivity contribution in [2.45, 2.75) is 13.0 Å². The number of alkyl halides is 2. The van der Waals surface area contributed by atoms with Crippen LogP contribution in [0.4, 0.5) is 14.6 Å². The molecule has 2 N–H and O–H groups in total. The van der Waals surface area contributed by atoms with Crippen molar-refractivity contribution in [3.8, 4) is 0 Å². The number of nitrogens with zero attached hydrogens (tertiary/aromatic N) is 3. The Morgan fingerprint density at radius 1 is 1.47 bits per heavy atom. The fourth-order valence-corrected chi connectivity index (χ4v) is 1.82. The molecule has 0 spiro atoms. The highest BCUT2D eigenvalue weighted by molar-refractivity contribution is 5.55. The van der Waals surface area contributed by atoms with Crippen LogP contribution in [-0.2, 0) is 6.54 Å². The number of fused-ring (bicyclic) bond motifs is 1. The van der Waals surface area contributed by atoms with E-state index in [-0.39, 0.29) is 13.1 Å². The van der Waals surface area contributed by atoms with E-state index in [9.17, 15) is 8.78 Å². The normalized spacial score (nSPS) is 11.4. The highest BCUT2D eigenvalue weighted by Gasteiger charge is 2.16. The third-order valence-corrected chi connectivity index (χ3v) is 2.57. The molecule has 2 heterocycles. The minimum Gasteiger partial charge on any atom is -0.352 e. The average molecular weight is 240 g/mol. The van der Waals surface area contributed by atoms with Gasteiger partial charge in [-0.05, 0) is 12.1 Å². The zero-order valence-electron chi connectivity index (χ0n) is 9.48. The van der Waals surface area contributed by atoms with Gasteiger partial charge >= 0.3 is 0 Å². The highest BCUT2D eigenvalue weighted by atomic mass is 19.3. The lowest BCUT2D eigenvalue weighted by atomic mass is 10.4. The number of aromatic nitrogens is 2. The van der Waals surface area contributed by atoms with Crippen molar-refractivity contribution < 1.29 is 8.78 Å². The van der Waals surface area contributed by atoms with E-state index in [2.05, 4.69) is 4.98 Å². The van der Waals surface area contributed by atoms with Crippen LogP contribution in [0.2, 0.25) is 0 Å². The SMILES string of the molecule is CN(CC(F)F)c1nc2ccccn2c1CN. The van der Waals surface area contributed by atoms with Crippen LogP contribution in [0.1, 0.15) is 5.69 Å². The van der Waals surface area contributed by atoms with E-state index in [4.69, 9.17) is 5.73 Å². The molecule has 4 nitrogen and oxygen atoms in total. The maximum absolute atomic E-state index is 12.4. The van der Waals surface area contributed by atoms with Gasteiger partial charge in [0.15, 0.2) is 5.82 Å². The van der Waals surface area contributed by atoms with Gasteiger partial charge in [0, 0.05) is 19.8 Å². The highest BCUT2D eigenvalue weighted by Crippen LogP contribution is 2.20. The molecule has 0 fully saturated rings. The first-order valence-corrected chi connectivity index (χ1v) is 5.28. The molecule has 0 aliphatic rings. The second-order valence-electron chi connectivity index (χ2n) is 3.79. The topological polar surface area (TPSA) is 46.6 Å². The van der Waals surface area contributed by atoms with Crippen molar-refractivity contribution >= 4 is 11.5 Å². The molecule has 0 aliphatic heterocycles. The van der Waals surface area contributed by atoms with Crippen molar-refractivity contribution in [1.29, 1.82) is 0 Å². The van der Waals surface area contributed by atoms with Gasteiger partial charge in [0.25, 0.3) is 6.43 Å². The summed E-state index contributed by atoms with van der Waals surface area (Å²) in [5, 5.41) is 0. The molecule has 0 saturated heterocycles. The zero-order valence-corrected chi connectivity index (χ0v) is 9.48. The summed E-state index contributed by atoms with van der Waals surface area (Å²) >= 11 is 0. The summed E-state index contributed by atoms with van der Waals surface area (Å²) in [6, 6.07) is 5.52. The number of rotatable bonds is 4. The first-order valence-electron chi connectivity index (χ1n) is 5.28. The number of pyridine rings is 1. The van der Waals surface area contributed by atoms with Crippen molar-refractivity contribution in [1.82, 2.24) is 9.38 Å². The smallest absolute Gasteiger partial charge is 0.255 e. The van der Waals surface area contributed by atoms with Crippen LogP contribution < -0.4 is 10.6 Å². The van der Waals surface area contributed by atoms with Gasteiger partial charge in [0.1, 0.15) is 5.65 Å². The summed E-state index contributed by atoms with van der Waals surface area (Å²) in [5.74, 6) is 0.513. The Balaban J connectivity index is 2.45. The average Bonchev–Trinajstić information content (AvgIpc) is 2.66. The number of hydrogen-bond donors (Lipinski definition) is 1. The molecule has 17 heavy (non-hydrogen) atoms. The van der Waals surface area contributed by atoms with Crippen LogP contribution in [0.3, 0.4) is 0 Å². The summed E-state index contributed by atoms with van der Waals surface area (Å²) < 4.78 is 26.5. The van der Waals surface area contributed by atoms with Crippen LogP contribution >= 0.6 is 0 Å². The summed E-state index contributed by atoms with van der Waals surface area (Å²) in [6.45, 7) is -0.0923. The first kappa shape index (κ1) is 11.8.